The Morgan fingerprint density at radius 2 is 2.39 bits per heavy atom. The molecular weight excluding hydrogens is 230 g/mol. The minimum Gasteiger partial charge on any atom is -0.481 e. The molecule has 2 rings (SSSR count). The molecule has 18 heavy (non-hydrogen) atoms. The molecule has 1 aliphatic heterocycles. The highest BCUT2D eigenvalue weighted by molar-refractivity contribution is 5.67. The van der Waals surface area contributed by atoms with Crippen molar-refractivity contribution in [1.82, 2.24) is 14.7 Å². The van der Waals surface area contributed by atoms with Crippen LogP contribution in [0.1, 0.15) is 44.7 Å². The standard InChI is InChI=1S/C13H21N3O2/c1-10(2)16-9-11(7-14-16)8-15-5-3-4-12(15)6-13(17)18/h7,9-10,12H,3-6,8H2,1-2H3,(H,17,18). The number of aromatic nitrogens is 2. The molecule has 1 aliphatic rings. The van der Waals surface area contributed by atoms with Crippen molar-refractivity contribution in [2.45, 2.75) is 51.7 Å². The Kier molecular flexibility index (Phi) is 4.01. The van der Waals surface area contributed by atoms with Crippen molar-refractivity contribution in [2.24, 2.45) is 0 Å². The van der Waals surface area contributed by atoms with E-state index in [4.69, 9.17) is 5.11 Å². The fourth-order valence-corrected chi connectivity index (χ4v) is 2.51. The van der Waals surface area contributed by atoms with Crippen molar-refractivity contribution in [2.75, 3.05) is 6.54 Å². The first-order chi connectivity index (χ1) is 8.56. The topological polar surface area (TPSA) is 58.4 Å². The lowest BCUT2D eigenvalue weighted by Crippen LogP contribution is -2.30. The average Bonchev–Trinajstić information content (AvgIpc) is 2.89. The number of carboxylic acid groups (broad SMARTS) is 1. The molecule has 1 atom stereocenters. The second-order valence-corrected chi connectivity index (χ2v) is 5.29. The predicted octanol–water partition coefficient (Wildman–Crippen LogP) is 1.90. The Morgan fingerprint density at radius 1 is 1.61 bits per heavy atom. The Morgan fingerprint density at radius 3 is 3.00 bits per heavy atom. The van der Waals surface area contributed by atoms with Gasteiger partial charge in [-0.05, 0) is 33.2 Å². The maximum absolute atomic E-state index is 10.8. The third kappa shape index (κ3) is 3.10. The summed E-state index contributed by atoms with van der Waals surface area (Å²) in [6, 6.07) is 0.553. The molecule has 1 unspecified atom stereocenters. The number of carboxylic acids is 1. The summed E-state index contributed by atoms with van der Waals surface area (Å²) >= 11 is 0. The van der Waals surface area contributed by atoms with E-state index in [0.29, 0.717) is 6.04 Å². The van der Waals surface area contributed by atoms with Gasteiger partial charge in [-0.15, -0.1) is 0 Å². The van der Waals surface area contributed by atoms with E-state index >= 15 is 0 Å². The van der Waals surface area contributed by atoms with E-state index < -0.39 is 5.97 Å². The van der Waals surface area contributed by atoms with Crippen LogP contribution in [0, 0.1) is 0 Å². The van der Waals surface area contributed by atoms with E-state index in [0.717, 1.165) is 25.9 Å². The van der Waals surface area contributed by atoms with Gasteiger partial charge in [-0.3, -0.25) is 14.4 Å². The van der Waals surface area contributed by atoms with Crippen molar-refractivity contribution in [3.8, 4) is 0 Å². The van der Waals surface area contributed by atoms with Gasteiger partial charge in [0, 0.05) is 30.4 Å². The fourth-order valence-electron chi connectivity index (χ4n) is 2.51. The quantitative estimate of drug-likeness (QED) is 0.868. The molecule has 0 aliphatic carbocycles. The van der Waals surface area contributed by atoms with Crippen LogP contribution in [-0.2, 0) is 11.3 Å². The summed E-state index contributed by atoms with van der Waals surface area (Å²) in [6.07, 6.45) is 6.27. The van der Waals surface area contributed by atoms with Crippen molar-refractivity contribution in [3.05, 3.63) is 18.0 Å². The van der Waals surface area contributed by atoms with Crippen LogP contribution in [0.15, 0.2) is 12.4 Å². The Balaban J connectivity index is 1.96. The fraction of sp³-hybridized carbons (Fsp3) is 0.692. The first-order valence-corrected chi connectivity index (χ1v) is 6.55. The molecule has 0 bridgehead atoms. The van der Waals surface area contributed by atoms with Gasteiger partial charge in [0.25, 0.3) is 0 Å². The van der Waals surface area contributed by atoms with Crippen LogP contribution < -0.4 is 0 Å². The number of rotatable bonds is 5. The Labute approximate surface area is 107 Å². The first kappa shape index (κ1) is 13.1. The molecule has 0 aromatic carbocycles. The van der Waals surface area contributed by atoms with Gasteiger partial charge in [-0.1, -0.05) is 0 Å². The third-order valence-electron chi connectivity index (χ3n) is 3.48. The first-order valence-electron chi connectivity index (χ1n) is 6.55. The van der Waals surface area contributed by atoms with Crippen LogP contribution in [0.4, 0.5) is 0 Å². The molecule has 0 amide bonds. The van der Waals surface area contributed by atoms with Crippen LogP contribution in [0.25, 0.3) is 0 Å². The molecule has 2 heterocycles. The SMILES string of the molecule is CC(C)n1cc(CN2CCCC2CC(=O)O)cn1. The highest BCUT2D eigenvalue weighted by Crippen LogP contribution is 2.22. The summed E-state index contributed by atoms with van der Waals surface area (Å²) in [5.74, 6) is -0.704. The maximum Gasteiger partial charge on any atom is 0.304 e. The molecule has 0 spiro atoms. The highest BCUT2D eigenvalue weighted by Gasteiger charge is 2.26. The summed E-state index contributed by atoms with van der Waals surface area (Å²) in [5, 5.41) is 13.2. The molecule has 5 heteroatoms. The van der Waals surface area contributed by atoms with E-state index in [1.807, 2.05) is 10.9 Å². The average molecular weight is 251 g/mol. The zero-order valence-corrected chi connectivity index (χ0v) is 11.0. The van der Waals surface area contributed by atoms with Crippen LogP contribution in [0.2, 0.25) is 0 Å². The minimum absolute atomic E-state index is 0.185. The second kappa shape index (κ2) is 5.52. The lowest BCUT2D eigenvalue weighted by Gasteiger charge is -2.22. The smallest absolute Gasteiger partial charge is 0.304 e. The highest BCUT2D eigenvalue weighted by atomic mass is 16.4. The number of nitrogens with zero attached hydrogens (tertiary/aromatic N) is 3. The van der Waals surface area contributed by atoms with E-state index in [1.165, 1.54) is 5.56 Å². The summed E-state index contributed by atoms with van der Waals surface area (Å²) < 4.78 is 1.94. The van der Waals surface area contributed by atoms with E-state index in [1.54, 1.807) is 0 Å². The third-order valence-corrected chi connectivity index (χ3v) is 3.48. The molecule has 1 N–H and O–H groups in total. The zero-order chi connectivity index (χ0) is 13.1. The Bertz CT molecular complexity index is 414. The lowest BCUT2D eigenvalue weighted by atomic mass is 10.1. The zero-order valence-electron chi connectivity index (χ0n) is 11.0. The molecule has 1 aromatic rings. The summed E-state index contributed by atoms with van der Waals surface area (Å²) in [7, 11) is 0. The van der Waals surface area contributed by atoms with E-state index in [9.17, 15) is 4.79 Å². The largest absolute Gasteiger partial charge is 0.481 e. The molecule has 100 valence electrons. The van der Waals surface area contributed by atoms with Gasteiger partial charge in [0.2, 0.25) is 0 Å². The van der Waals surface area contributed by atoms with Gasteiger partial charge in [-0.2, -0.15) is 5.10 Å². The van der Waals surface area contributed by atoms with Crippen molar-refractivity contribution in [1.29, 1.82) is 0 Å². The summed E-state index contributed by atoms with van der Waals surface area (Å²) in [6.45, 7) is 6.00. The lowest BCUT2D eigenvalue weighted by molar-refractivity contribution is -0.138. The van der Waals surface area contributed by atoms with Gasteiger partial charge >= 0.3 is 5.97 Å². The summed E-state index contributed by atoms with van der Waals surface area (Å²) in [5.41, 5.74) is 1.17. The van der Waals surface area contributed by atoms with Crippen molar-refractivity contribution < 1.29 is 9.90 Å². The van der Waals surface area contributed by atoms with Crippen LogP contribution in [-0.4, -0.2) is 38.3 Å². The molecule has 0 radical (unpaired) electrons. The van der Waals surface area contributed by atoms with Crippen molar-refractivity contribution in [3.63, 3.8) is 0 Å². The van der Waals surface area contributed by atoms with Crippen LogP contribution in [0.5, 0.6) is 0 Å². The van der Waals surface area contributed by atoms with Gasteiger partial charge in [0.05, 0.1) is 12.6 Å². The van der Waals surface area contributed by atoms with E-state index in [-0.39, 0.29) is 12.5 Å². The Hall–Kier alpha value is -1.36. The molecule has 5 nitrogen and oxygen atoms in total. The van der Waals surface area contributed by atoms with Gasteiger partial charge < -0.3 is 5.11 Å². The predicted molar refractivity (Wildman–Crippen MR) is 68.3 cm³/mol. The van der Waals surface area contributed by atoms with Gasteiger partial charge in [0.1, 0.15) is 0 Å². The molecule has 0 saturated carbocycles. The molecule has 1 saturated heterocycles. The van der Waals surface area contributed by atoms with Gasteiger partial charge in [0.15, 0.2) is 0 Å². The van der Waals surface area contributed by atoms with Crippen molar-refractivity contribution >= 4 is 5.97 Å². The van der Waals surface area contributed by atoms with Crippen LogP contribution in [0.3, 0.4) is 0 Å². The summed E-state index contributed by atoms with van der Waals surface area (Å²) in [4.78, 5) is 13.1. The maximum atomic E-state index is 10.8. The van der Waals surface area contributed by atoms with E-state index in [2.05, 4.69) is 30.0 Å². The number of likely N-dealkylation sites (tertiary alicyclic amines) is 1. The molecular formula is C13H21N3O2. The number of hydrogen-bond acceptors (Lipinski definition) is 3. The molecule has 1 fully saturated rings. The number of carbonyl (C=O) groups is 1. The monoisotopic (exact) mass is 251 g/mol. The number of hydrogen-bond donors (Lipinski definition) is 1. The second-order valence-electron chi connectivity index (χ2n) is 5.29. The van der Waals surface area contributed by atoms with Gasteiger partial charge in [-0.25, -0.2) is 0 Å². The molecule has 1 aromatic heterocycles. The minimum atomic E-state index is -0.704. The van der Waals surface area contributed by atoms with Crippen LogP contribution >= 0.6 is 0 Å². The normalized spacial score (nSPS) is 20.7. The number of aliphatic carboxylic acids is 1.